The van der Waals surface area contributed by atoms with Crippen LogP contribution >= 0.6 is 0 Å². The molecule has 3 rings (SSSR count). The van der Waals surface area contributed by atoms with Crippen molar-refractivity contribution in [3.63, 3.8) is 0 Å². The molecule has 1 aliphatic rings. The summed E-state index contributed by atoms with van der Waals surface area (Å²) in [4.78, 5) is 12.2. The number of carbonyl (C=O) groups is 1. The third-order valence-corrected chi connectivity index (χ3v) is 3.72. The smallest absolute Gasteiger partial charge is 0.291 e. The van der Waals surface area contributed by atoms with Gasteiger partial charge in [0.2, 0.25) is 0 Å². The van der Waals surface area contributed by atoms with Gasteiger partial charge in [0.05, 0.1) is 6.10 Å². The summed E-state index contributed by atoms with van der Waals surface area (Å²) in [6, 6.07) is 10.6. The number of furan rings is 1. The largest absolute Gasteiger partial charge is 0.491 e. The van der Waals surface area contributed by atoms with Crippen molar-refractivity contribution in [1.82, 2.24) is 0 Å². The number of hydrogen-bond acceptors (Lipinski definition) is 5. The van der Waals surface area contributed by atoms with Gasteiger partial charge < -0.3 is 23.9 Å². The summed E-state index contributed by atoms with van der Waals surface area (Å²) in [5.41, 5.74) is 0.648. The average molecular weight is 331 g/mol. The monoisotopic (exact) mass is 331 g/mol. The molecule has 1 aromatic heterocycles. The predicted molar refractivity (Wildman–Crippen MR) is 88.3 cm³/mol. The van der Waals surface area contributed by atoms with Crippen LogP contribution in [-0.4, -0.2) is 32.3 Å². The van der Waals surface area contributed by atoms with Gasteiger partial charge in [-0.2, -0.15) is 0 Å². The van der Waals surface area contributed by atoms with Gasteiger partial charge in [0.1, 0.15) is 24.7 Å². The van der Waals surface area contributed by atoms with Gasteiger partial charge in [-0.05, 0) is 37.1 Å². The van der Waals surface area contributed by atoms with Gasteiger partial charge in [0.25, 0.3) is 5.91 Å². The second kappa shape index (κ2) is 7.99. The van der Waals surface area contributed by atoms with Gasteiger partial charge in [-0.1, -0.05) is 6.07 Å². The van der Waals surface area contributed by atoms with Gasteiger partial charge >= 0.3 is 0 Å². The zero-order chi connectivity index (χ0) is 16.8. The summed E-state index contributed by atoms with van der Waals surface area (Å²) >= 11 is 0. The van der Waals surface area contributed by atoms with Crippen molar-refractivity contribution in [2.75, 3.05) is 25.6 Å². The van der Waals surface area contributed by atoms with Crippen LogP contribution in [0.4, 0.5) is 5.69 Å². The molecule has 0 bridgehead atoms. The summed E-state index contributed by atoms with van der Waals surface area (Å²) in [6.07, 6.45) is 2.27. The molecule has 0 spiro atoms. The second-order valence-corrected chi connectivity index (χ2v) is 5.63. The van der Waals surface area contributed by atoms with Crippen LogP contribution in [-0.2, 0) is 16.1 Å². The molecule has 1 saturated heterocycles. The Morgan fingerprint density at radius 1 is 1.33 bits per heavy atom. The first-order chi connectivity index (χ1) is 11.7. The van der Waals surface area contributed by atoms with Crippen LogP contribution in [0.2, 0.25) is 0 Å². The Balaban J connectivity index is 1.57. The molecule has 1 N–H and O–H groups in total. The number of methoxy groups -OCH3 is 1. The lowest BCUT2D eigenvalue weighted by Gasteiger charge is -2.12. The van der Waals surface area contributed by atoms with Crippen molar-refractivity contribution >= 4 is 11.6 Å². The van der Waals surface area contributed by atoms with E-state index in [1.165, 1.54) is 0 Å². The van der Waals surface area contributed by atoms with Gasteiger partial charge in [0, 0.05) is 25.5 Å². The molecule has 1 fully saturated rings. The molecule has 6 heteroatoms. The van der Waals surface area contributed by atoms with E-state index in [-0.39, 0.29) is 17.8 Å². The van der Waals surface area contributed by atoms with Gasteiger partial charge in [-0.15, -0.1) is 0 Å². The zero-order valence-electron chi connectivity index (χ0n) is 13.6. The first kappa shape index (κ1) is 16.5. The van der Waals surface area contributed by atoms with E-state index in [1.54, 1.807) is 31.4 Å². The number of anilines is 1. The second-order valence-electron chi connectivity index (χ2n) is 5.63. The lowest BCUT2D eigenvalue weighted by molar-refractivity contribution is 0.0679. The van der Waals surface area contributed by atoms with Crippen LogP contribution in [0.5, 0.6) is 5.75 Å². The molecule has 24 heavy (non-hydrogen) atoms. The minimum atomic E-state index is -0.311. The topological polar surface area (TPSA) is 69.9 Å². The van der Waals surface area contributed by atoms with Crippen molar-refractivity contribution in [2.45, 2.75) is 25.6 Å². The van der Waals surface area contributed by atoms with Crippen LogP contribution in [0, 0.1) is 0 Å². The Kier molecular flexibility index (Phi) is 5.51. The highest BCUT2D eigenvalue weighted by Gasteiger charge is 2.16. The standard InChI is InChI=1S/C18H21NO5/c1-21-11-16-7-8-17(24-16)18(20)19-13-4-2-5-14(10-13)23-12-15-6-3-9-22-15/h2,4-5,7-8,10,15H,3,6,9,11-12H2,1H3,(H,19,20). The molecule has 1 amide bonds. The van der Waals surface area contributed by atoms with E-state index in [0.717, 1.165) is 19.4 Å². The van der Waals surface area contributed by atoms with Crippen LogP contribution in [0.15, 0.2) is 40.8 Å². The maximum Gasteiger partial charge on any atom is 0.291 e. The Labute approximate surface area is 140 Å². The minimum Gasteiger partial charge on any atom is -0.491 e. The van der Waals surface area contributed by atoms with E-state index in [9.17, 15) is 4.79 Å². The highest BCUT2D eigenvalue weighted by atomic mass is 16.5. The first-order valence-corrected chi connectivity index (χ1v) is 7.98. The molecule has 6 nitrogen and oxygen atoms in total. The predicted octanol–water partition coefficient (Wildman–Crippen LogP) is 3.24. The molecule has 1 atom stereocenters. The molecule has 2 aromatic rings. The van der Waals surface area contributed by atoms with Crippen molar-refractivity contribution in [1.29, 1.82) is 0 Å². The average Bonchev–Trinajstić information content (AvgIpc) is 3.25. The molecule has 1 aliphatic heterocycles. The molecule has 0 radical (unpaired) electrons. The first-order valence-electron chi connectivity index (χ1n) is 7.98. The lowest BCUT2D eigenvalue weighted by atomic mass is 10.2. The van der Waals surface area contributed by atoms with Crippen molar-refractivity contribution < 1.29 is 23.4 Å². The van der Waals surface area contributed by atoms with E-state index in [1.807, 2.05) is 12.1 Å². The molecule has 1 unspecified atom stereocenters. The molecular formula is C18H21NO5. The normalized spacial score (nSPS) is 17.0. The van der Waals surface area contributed by atoms with Crippen molar-refractivity contribution in [3.8, 4) is 5.75 Å². The Bertz CT molecular complexity index is 676. The van der Waals surface area contributed by atoms with Crippen molar-refractivity contribution in [3.05, 3.63) is 47.9 Å². The number of rotatable bonds is 7. The number of ether oxygens (including phenoxy) is 3. The van der Waals surface area contributed by atoms with Gasteiger partial charge in [-0.25, -0.2) is 0 Å². The molecule has 1 aromatic carbocycles. The maximum atomic E-state index is 12.2. The molecule has 2 heterocycles. The third-order valence-electron chi connectivity index (χ3n) is 3.72. The number of benzene rings is 1. The van der Waals surface area contributed by atoms with Gasteiger partial charge in [0.15, 0.2) is 5.76 Å². The SMILES string of the molecule is COCc1ccc(C(=O)Nc2cccc(OCC3CCCO3)c2)o1. The molecule has 128 valence electrons. The lowest BCUT2D eigenvalue weighted by Crippen LogP contribution is -2.16. The van der Waals surface area contributed by atoms with E-state index < -0.39 is 0 Å². The summed E-state index contributed by atoms with van der Waals surface area (Å²) in [5.74, 6) is 1.24. The minimum absolute atomic E-state index is 0.158. The number of carbonyl (C=O) groups excluding carboxylic acids is 1. The van der Waals surface area contributed by atoms with Crippen LogP contribution in [0.1, 0.15) is 29.2 Å². The number of nitrogens with one attached hydrogen (secondary N) is 1. The summed E-state index contributed by atoms with van der Waals surface area (Å²) in [6.45, 7) is 1.66. The van der Waals surface area contributed by atoms with Gasteiger partial charge in [-0.3, -0.25) is 4.79 Å². The van der Waals surface area contributed by atoms with E-state index in [0.29, 0.717) is 30.4 Å². The highest BCUT2D eigenvalue weighted by Crippen LogP contribution is 2.20. The molecule has 0 aliphatic carbocycles. The quantitative estimate of drug-likeness (QED) is 0.843. The molecular weight excluding hydrogens is 310 g/mol. The van der Waals surface area contributed by atoms with Crippen molar-refractivity contribution in [2.24, 2.45) is 0 Å². The third kappa shape index (κ3) is 4.37. The van der Waals surface area contributed by atoms with E-state index in [4.69, 9.17) is 18.6 Å². The summed E-state index contributed by atoms with van der Waals surface area (Å²) in [5, 5.41) is 2.80. The fourth-order valence-electron chi connectivity index (χ4n) is 2.54. The fraction of sp³-hybridized carbons (Fsp3) is 0.389. The number of amides is 1. The summed E-state index contributed by atoms with van der Waals surface area (Å²) < 4.78 is 21.7. The Morgan fingerprint density at radius 2 is 2.25 bits per heavy atom. The van der Waals surface area contributed by atoms with Crippen LogP contribution < -0.4 is 10.1 Å². The maximum absolute atomic E-state index is 12.2. The summed E-state index contributed by atoms with van der Waals surface area (Å²) in [7, 11) is 1.57. The van der Waals surface area contributed by atoms with Crippen LogP contribution in [0.3, 0.4) is 0 Å². The van der Waals surface area contributed by atoms with E-state index >= 15 is 0 Å². The van der Waals surface area contributed by atoms with Crippen LogP contribution in [0.25, 0.3) is 0 Å². The molecule has 0 saturated carbocycles. The fourth-order valence-corrected chi connectivity index (χ4v) is 2.54. The Morgan fingerprint density at radius 3 is 3.04 bits per heavy atom. The highest BCUT2D eigenvalue weighted by molar-refractivity contribution is 6.02. The zero-order valence-corrected chi connectivity index (χ0v) is 13.6. The number of hydrogen-bond donors (Lipinski definition) is 1. The Hall–Kier alpha value is -2.31. The van der Waals surface area contributed by atoms with E-state index in [2.05, 4.69) is 5.32 Å².